The van der Waals surface area contributed by atoms with Gasteiger partial charge in [-0.15, -0.1) is 5.10 Å². The number of aromatic nitrogens is 5. The Morgan fingerprint density at radius 1 is 1.10 bits per heavy atom. The van der Waals surface area contributed by atoms with Gasteiger partial charge < -0.3 is 14.8 Å². The summed E-state index contributed by atoms with van der Waals surface area (Å²) in [7, 11) is -2.90. The lowest BCUT2D eigenvalue weighted by molar-refractivity contribution is -0.132. The van der Waals surface area contributed by atoms with E-state index in [0.717, 1.165) is 53.9 Å². The highest BCUT2D eigenvalue weighted by Crippen LogP contribution is 2.38. The summed E-state index contributed by atoms with van der Waals surface area (Å²) in [6.07, 6.45) is 4.33. The molecule has 4 aromatic rings. The van der Waals surface area contributed by atoms with E-state index in [1.54, 1.807) is 4.52 Å². The van der Waals surface area contributed by atoms with Gasteiger partial charge in [-0.3, -0.25) is 4.79 Å². The molecule has 11 heteroatoms. The third kappa shape index (κ3) is 5.24. The van der Waals surface area contributed by atoms with Crippen LogP contribution < -0.4 is 0 Å². The number of H-pyrrole nitrogens is 1. The molecule has 2 fully saturated rings. The number of rotatable bonds is 6. The van der Waals surface area contributed by atoms with Crippen LogP contribution in [0.5, 0.6) is 0 Å². The zero-order valence-corrected chi connectivity index (χ0v) is 24.2. The fourth-order valence-corrected chi connectivity index (χ4v) is 7.58. The molecule has 2 aliphatic heterocycles. The van der Waals surface area contributed by atoms with E-state index >= 15 is 0 Å². The van der Waals surface area contributed by atoms with Crippen molar-refractivity contribution in [3.8, 4) is 11.3 Å². The number of pyridine rings is 1. The second-order valence-corrected chi connectivity index (χ2v) is 13.9. The van der Waals surface area contributed by atoms with Crippen LogP contribution >= 0.6 is 0 Å². The van der Waals surface area contributed by atoms with Gasteiger partial charge in [0.2, 0.25) is 5.91 Å². The van der Waals surface area contributed by atoms with Gasteiger partial charge in [0.05, 0.1) is 17.2 Å². The molecule has 2 saturated heterocycles. The summed E-state index contributed by atoms with van der Waals surface area (Å²) in [5, 5.41) is 13.3. The molecule has 0 spiro atoms. The SMILES string of the molecule is Cc1cc(-c2[nH]c3ccc(C4CCN(C(=O)CCN5CCS(=O)(=O)CC5)CC4)cc3c2C(C)C)cn2nnnc12. The molecule has 10 nitrogen and oxygen atoms in total. The zero-order chi connectivity index (χ0) is 28.0. The molecule has 40 heavy (non-hydrogen) atoms. The quantitative estimate of drug-likeness (QED) is 0.381. The maximum absolute atomic E-state index is 12.9. The largest absolute Gasteiger partial charge is 0.354 e. The first-order valence-electron chi connectivity index (χ1n) is 14.2. The molecule has 1 aromatic carbocycles. The Bertz CT molecular complexity index is 1650. The lowest BCUT2D eigenvalue weighted by Crippen LogP contribution is -2.43. The van der Waals surface area contributed by atoms with Crippen molar-refractivity contribution in [2.45, 2.75) is 51.9 Å². The first-order valence-corrected chi connectivity index (χ1v) is 16.1. The lowest BCUT2D eigenvalue weighted by atomic mass is 9.87. The predicted molar refractivity (Wildman–Crippen MR) is 155 cm³/mol. The number of nitrogens with one attached hydrogen (secondary N) is 1. The van der Waals surface area contributed by atoms with E-state index in [0.29, 0.717) is 37.9 Å². The highest BCUT2D eigenvalue weighted by molar-refractivity contribution is 7.91. The van der Waals surface area contributed by atoms with Crippen molar-refractivity contribution in [1.82, 2.24) is 34.8 Å². The average Bonchev–Trinajstić information content (AvgIpc) is 3.57. The number of aryl methyl sites for hydroxylation is 1. The summed E-state index contributed by atoms with van der Waals surface area (Å²) >= 11 is 0. The van der Waals surface area contributed by atoms with Crippen LogP contribution in [-0.2, 0) is 14.6 Å². The van der Waals surface area contributed by atoms with Gasteiger partial charge in [-0.1, -0.05) is 19.9 Å². The van der Waals surface area contributed by atoms with Crippen LogP contribution in [0.15, 0.2) is 30.5 Å². The van der Waals surface area contributed by atoms with E-state index in [1.807, 2.05) is 18.0 Å². The number of aromatic amines is 1. The molecule has 0 radical (unpaired) electrons. The number of hydrogen-bond acceptors (Lipinski definition) is 7. The monoisotopic (exact) mass is 563 g/mol. The minimum absolute atomic E-state index is 0.176. The van der Waals surface area contributed by atoms with Crippen LogP contribution in [0.25, 0.3) is 27.8 Å². The Morgan fingerprint density at radius 3 is 2.58 bits per heavy atom. The van der Waals surface area contributed by atoms with Gasteiger partial charge in [0.25, 0.3) is 0 Å². The second kappa shape index (κ2) is 10.6. The van der Waals surface area contributed by atoms with E-state index in [-0.39, 0.29) is 17.4 Å². The first kappa shape index (κ1) is 26.9. The number of carbonyl (C=O) groups excluding carboxylic acids is 1. The normalized spacial score (nSPS) is 18.8. The van der Waals surface area contributed by atoms with E-state index in [2.05, 4.69) is 63.5 Å². The van der Waals surface area contributed by atoms with Crippen LogP contribution in [0, 0.1) is 6.92 Å². The molecule has 1 N–H and O–H groups in total. The van der Waals surface area contributed by atoms with E-state index in [9.17, 15) is 13.2 Å². The first-order chi connectivity index (χ1) is 19.2. The van der Waals surface area contributed by atoms with Crippen LogP contribution in [0.3, 0.4) is 0 Å². The average molecular weight is 564 g/mol. The van der Waals surface area contributed by atoms with Crippen LogP contribution in [-0.4, -0.2) is 93.4 Å². The van der Waals surface area contributed by atoms with Crippen molar-refractivity contribution in [3.05, 3.63) is 47.2 Å². The van der Waals surface area contributed by atoms with Gasteiger partial charge >= 0.3 is 0 Å². The zero-order valence-electron chi connectivity index (χ0n) is 23.4. The highest BCUT2D eigenvalue weighted by atomic mass is 32.2. The number of carbonyl (C=O) groups is 1. The summed E-state index contributed by atoms with van der Waals surface area (Å²) in [6, 6.07) is 8.91. The van der Waals surface area contributed by atoms with Gasteiger partial charge in [0.1, 0.15) is 0 Å². The lowest BCUT2D eigenvalue weighted by Gasteiger charge is -2.33. The molecule has 0 bridgehead atoms. The number of likely N-dealkylation sites (tertiary alicyclic amines) is 1. The third-order valence-corrected chi connectivity index (χ3v) is 10.2. The number of sulfone groups is 1. The molecule has 212 valence electrons. The second-order valence-electron chi connectivity index (χ2n) is 11.6. The maximum atomic E-state index is 12.9. The number of benzene rings is 1. The number of piperidine rings is 1. The Balaban J connectivity index is 1.15. The van der Waals surface area contributed by atoms with E-state index in [1.165, 1.54) is 16.5 Å². The molecule has 6 rings (SSSR count). The molecule has 0 unspecified atom stereocenters. The van der Waals surface area contributed by atoms with E-state index < -0.39 is 9.84 Å². The summed E-state index contributed by atoms with van der Waals surface area (Å²) in [4.78, 5) is 20.7. The number of amides is 1. The number of hydrogen-bond donors (Lipinski definition) is 1. The summed E-state index contributed by atoms with van der Waals surface area (Å²) in [5.74, 6) is 1.32. The Kier molecular flexibility index (Phi) is 7.12. The van der Waals surface area contributed by atoms with Crippen molar-refractivity contribution >= 4 is 32.3 Å². The third-order valence-electron chi connectivity index (χ3n) is 8.61. The van der Waals surface area contributed by atoms with Gasteiger partial charge in [0, 0.05) is 61.8 Å². The molecular formula is C29H37N7O3S. The molecule has 5 heterocycles. The van der Waals surface area contributed by atoms with Gasteiger partial charge in [-0.05, 0) is 76.9 Å². The molecule has 1 amide bonds. The van der Waals surface area contributed by atoms with Crippen molar-refractivity contribution in [1.29, 1.82) is 0 Å². The highest BCUT2D eigenvalue weighted by Gasteiger charge is 2.27. The molecular weight excluding hydrogens is 526 g/mol. The van der Waals surface area contributed by atoms with Gasteiger partial charge in [-0.2, -0.15) is 4.52 Å². The fourth-order valence-electron chi connectivity index (χ4n) is 6.30. The van der Waals surface area contributed by atoms with Crippen LogP contribution in [0.1, 0.15) is 61.6 Å². The Labute approximate surface area is 234 Å². The molecule has 2 aliphatic rings. The summed E-state index contributed by atoms with van der Waals surface area (Å²) in [6.45, 7) is 9.72. The molecule has 3 aromatic heterocycles. The van der Waals surface area contributed by atoms with Crippen molar-refractivity contribution in [2.24, 2.45) is 0 Å². The number of fused-ring (bicyclic) bond motifs is 2. The maximum Gasteiger partial charge on any atom is 0.223 e. The van der Waals surface area contributed by atoms with Crippen molar-refractivity contribution in [2.75, 3.05) is 44.2 Å². The van der Waals surface area contributed by atoms with Gasteiger partial charge in [-0.25, -0.2) is 8.42 Å². The topological polar surface area (TPSA) is 117 Å². The minimum Gasteiger partial charge on any atom is -0.354 e. The predicted octanol–water partition coefficient (Wildman–Crippen LogP) is 3.53. The van der Waals surface area contributed by atoms with Crippen molar-refractivity contribution in [3.63, 3.8) is 0 Å². The van der Waals surface area contributed by atoms with Crippen LogP contribution in [0.2, 0.25) is 0 Å². The van der Waals surface area contributed by atoms with Gasteiger partial charge in [0.15, 0.2) is 15.5 Å². The minimum atomic E-state index is -2.90. The standard InChI is InChI=1S/C29H37N7O3S/c1-19(2)27-24-17-22(4-5-25(24)30-28(27)23-16-20(3)29-31-32-33-36(29)18-23)21-6-10-35(11-7-21)26(37)8-9-34-12-14-40(38,39)15-13-34/h4-5,16-19,21,30H,6-15H2,1-3H3. The molecule has 0 aliphatic carbocycles. The fraction of sp³-hybridized carbons (Fsp3) is 0.517. The smallest absolute Gasteiger partial charge is 0.223 e. The van der Waals surface area contributed by atoms with Crippen LogP contribution in [0.4, 0.5) is 0 Å². The summed E-state index contributed by atoms with van der Waals surface area (Å²) < 4.78 is 25.0. The number of nitrogens with zero attached hydrogens (tertiary/aromatic N) is 6. The Morgan fingerprint density at radius 2 is 1.85 bits per heavy atom. The van der Waals surface area contributed by atoms with E-state index in [4.69, 9.17) is 0 Å². The Hall–Kier alpha value is -3.31. The number of tetrazole rings is 1. The molecule has 0 atom stereocenters. The summed E-state index contributed by atoms with van der Waals surface area (Å²) in [5.41, 5.74) is 7.71. The van der Waals surface area contributed by atoms with Crippen molar-refractivity contribution < 1.29 is 13.2 Å². The molecule has 0 saturated carbocycles.